The lowest BCUT2D eigenvalue weighted by Gasteiger charge is -2.11. The quantitative estimate of drug-likeness (QED) is 0.266. The molecule has 0 atom stereocenters. The van der Waals surface area contributed by atoms with Gasteiger partial charge >= 0.3 is 0 Å². The van der Waals surface area contributed by atoms with Gasteiger partial charge in [-0.25, -0.2) is 4.39 Å². The van der Waals surface area contributed by atoms with Crippen molar-refractivity contribution in [1.82, 2.24) is 0 Å². The van der Waals surface area contributed by atoms with Crippen molar-refractivity contribution in [3.05, 3.63) is 143 Å². The number of hydrogen-bond acceptors (Lipinski definition) is 0. The molecule has 34 heavy (non-hydrogen) atoms. The zero-order valence-corrected chi connectivity index (χ0v) is 20.3. The third kappa shape index (κ3) is 5.43. The Balaban J connectivity index is 1.42. The zero-order valence-electron chi connectivity index (χ0n) is 20.3. The molecule has 0 saturated carbocycles. The monoisotopic (exact) mass is 446 g/mol. The van der Waals surface area contributed by atoms with E-state index in [2.05, 4.69) is 93.7 Å². The van der Waals surface area contributed by atoms with Gasteiger partial charge in [-0.1, -0.05) is 92.0 Å². The van der Waals surface area contributed by atoms with Crippen molar-refractivity contribution in [3.63, 3.8) is 0 Å². The van der Waals surface area contributed by atoms with Crippen molar-refractivity contribution in [2.24, 2.45) is 0 Å². The van der Waals surface area contributed by atoms with E-state index in [1.54, 1.807) is 13.0 Å². The maximum absolute atomic E-state index is 13.9. The van der Waals surface area contributed by atoms with E-state index in [1.165, 1.54) is 22.3 Å². The molecule has 0 aliphatic heterocycles. The van der Waals surface area contributed by atoms with Crippen LogP contribution in [0.2, 0.25) is 0 Å². The van der Waals surface area contributed by atoms with Crippen molar-refractivity contribution in [2.75, 3.05) is 0 Å². The Bertz CT molecular complexity index is 1230. The minimum atomic E-state index is -0.166. The lowest BCUT2D eigenvalue weighted by molar-refractivity contribution is 0.617. The van der Waals surface area contributed by atoms with Gasteiger partial charge in [-0.05, 0) is 101 Å². The summed E-state index contributed by atoms with van der Waals surface area (Å²) in [4.78, 5) is 0. The van der Waals surface area contributed by atoms with E-state index in [0.717, 1.165) is 39.8 Å². The van der Waals surface area contributed by atoms with Gasteiger partial charge in [0.1, 0.15) is 5.82 Å². The third-order valence-corrected chi connectivity index (χ3v) is 6.56. The zero-order chi connectivity index (χ0) is 24.2. The first-order valence-electron chi connectivity index (χ1n) is 11.7. The standard InChI is InChI=1S/C33H31F/c1-22-6-8-27(18-24(22)3)19-25(4)29-10-14-31(15-11-29)32-16-12-30(13-17-32)26(5)20-28-9-7-23(2)33(34)21-28/h6-18,21H,4-5,19-20H2,1-3H3. The van der Waals surface area contributed by atoms with Gasteiger partial charge in [-0.3, -0.25) is 0 Å². The van der Waals surface area contributed by atoms with E-state index >= 15 is 0 Å². The fraction of sp³-hybridized carbons (Fsp3) is 0.152. The van der Waals surface area contributed by atoms with E-state index in [-0.39, 0.29) is 5.82 Å². The highest BCUT2D eigenvalue weighted by Gasteiger charge is 2.07. The van der Waals surface area contributed by atoms with Gasteiger partial charge < -0.3 is 0 Å². The summed E-state index contributed by atoms with van der Waals surface area (Å²) in [5.41, 5.74) is 12.2. The predicted octanol–water partition coefficient (Wildman–Crippen LogP) is 8.93. The van der Waals surface area contributed by atoms with Gasteiger partial charge in [0, 0.05) is 0 Å². The van der Waals surface area contributed by atoms with Gasteiger partial charge in [-0.15, -0.1) is 0 Å². The molecule has 0 amide bonds. The number of hydrogen-bond donors (Lipinski definition) is 0. The second-order valence-corrected chi connectivity index (χ2v) is 9.22. The van der Waals surface area contributed by atoms with Crippen molar-refractivity contribution in [1.29, 1.82) is 0 Å². The van der Waals surface area contributed by atoms with Gasteiger partial charge in [0.05, 0.1) is 0 Å². The summed E-state index contributed by atoms with van der Waals surface area (Å²) in [5.74, 6) is -0.166. The maximum atomic E-state index is 13.9. The molecule has 1 heteroatoms. The van der Waals surface area contributed by atoms with Crippen LogP contribution in [0, 0.1) is 26.6 Å². The molecule has 0 fully saturated rings. The normalized spacial score (nSPS) is 10.8. The summed E-state index contributed by atoms with van der Waals surface area (Å²) in [6.45, 7) is 14.6. The Morgan fingerprint density at radius 2 is 1.00 bits per heavy atom. The number of allylic oxidation sites excluding steroid dienone is 2. The molecule has 0 spiro atoms. The predicted molar refractivity (Wildman–Crippen MR) is 144 cm³/mol. The molecule has 4 aromatic carbocycles. The molecule has 4 rings (SSSR count). The first-order chi connectivity index (χ1) is 16.3. The first-order valence-corrected chi connectivity index (χ1v) is 11.7. The molecule has 0 heterocycles. The molecule has 0 aromatic heterocycles. The van der Waals surface area contributed by atoms with Crippen LogP contribution in [-0.4, -0.2) is 0 Å². The molecule has 0 bridgehead atoms. The van der Waals surface area contributed by atoms with Crippen LogP contribution in [0.25, 0.3) is 22.3 Å². The summed E-state index contributed by atoms with van der Waals surface area (Å²) in [6, 6.07) is 29.0. The number of aryl methyl sites for hydroxylation is 3. The van der Waals surface area contributed by atoms with Gasteiger partial charge in [0.15, 0.2) is 0 Å². The summed E-state index contributed by atoms with van der Waals surface area (Å²) >= 11 is 0. The number of halogens is 1. The molecule has 0 N–H and O–H groups in total. The molecule has 0 saturated heterocycles. The summed E-state index contributed by atoms with van der Waals surface area (Å²) < 4.78 is 13.9. The van der Waals surface area contributed by atoms with Crippen molar-refractivity contribution >= 4 is 11.1 Å². The van der Waals surface area contributed by atoms with Crippen LogP contribution in [0.5, 0.6) is 0 Å². The maximum Gasteiger partial charge on any atom is 0.126 e. The molecular weight excluding hydrogens is 415 g/mol. The summed E-state index contributed by atoms with van der Waals surface area (Å²) in [7, 11) is 0. The Morgan fingerprint density at radius 1 is 0.559 bits per heavy atom. The second kappa shape index (κ2) is 10.1. The molecule has 0 unspecified atom stereocenters. The van der Waals surface area contributed by atoms with Gasteiger partial charge in [0.2, 0.25) is 0 Å². The van der Waals surface area contributed by atoms with E-state index in [1.807, 2.05) is 12.1 Å². The SMILES string of the molecule is C=C(Cc1ccc(C)c(C)c1)c1ccc(-c2ccc(C(=C)Cc3ccc(C)c(F)c3)cc2)cc1. The summed E-state index contributed by atoms with van der Waals surface area (Å²) in [6.07, 6.45) is 1.48. The molecular formula is C33H31F. The average Bonchev–Trinajstić information content (AvgIpc) is 2.84. The van der Waals surface area contributed by atoms with E-state index < -0.39 is 0 Å². The highest BCUT2D eigenvalue weighted by atomic mass is 19.1. The van der Waals surface area contributed by atoms with Crippen LogP contribution in [-0.2, 0) is 12.8 Å². The molecule has 0 aliphatic rings. The number of benzene rings is 4. The van der Waals surface area contributed by atoms with Crippen LogP contribution < -0.4 is 0 Å². The third-order valence-electron chi connectivity index (χ3n) is 6.56. The van der Waals surface area contributed by atoms with Crippen molar-refractivity contribution in [3.8, 4) is 11.1 Å². The fourth-order valence-corrected chi connectivity index (χ4v) is 4.15. The smallest absolute Gasteiger partial charge is 0.126 e. The lowest BCUT2D eigenvalue weighted by Crippen LogP contribution is -1.93. The van der Waals surface area contributed by atoms with Crippen molar-refractivity contribution < 1.29 is 4.39 Å². The minimum Gasteiger partial charge on any atom is -0.207 e. The van der Waals surface area contributed by atoms with Gasteiger partial charge in [0.25, 0.3) is 0 Å². The van der Waals surface area contributed by atoms with E-state index in [4.69, 9.17) is 0 Å². The van der Waals surface area contributed by atoms with E-state index in [0.29, 0.717) is 12.0 Å². The van der Waals surface area contributed by atoms with Crippen LogP contribution in [0.3, 0.4) is 0 Å². The Kier molecular flexibility index (Phi) is 6.93. The van der Waals surface area contributed by atoms with E-state index in [9.17, 15) is 4.39 Å². The highest BCUT2D eigenvalue weighted by molar-refractivity contribution is 5.73. The molecule has 170 valence electrons. The van der Waals surface area contributed by atoms with Crippen LogP contribution in [0.15, 0.2) is 98.1 Å². The van der Waals surface area contributed by atoms with Crippen molar-refractivity contribution in [2.45, 2.75) is 33.6 Å². The Labute approximate surface area is 203 Å². The molecule has 0 radical (unpaired) electrons. The highest BCUT2D eigenvalue weighted by Crippen LogP contribution is 2.27. The first kappa shape index (κ1) is 23.4. The topological polar surface area (TPSA) is 0 Å². The average molecular weight is 447 g/mol. The van der Waals surface area contributed by atoms with Crippen LogP contribution in [0.1, 0.15) is 38.9 Å². The summed E-state index contributed by atoms with van der Waals surface area (Å²) in [5, 5.41) is 0. The number of rotatable bonds is 7. The van der Waals surface area contributed by atoms with Crippen LogP contribution >= 0.6 is 0 Å². The molecule has 4 aromatic rings. The lowest BCUT2D eigenvalue weighted by atomic mass is 9.94. The van der Waals surface area contributed by atoms with Crippen LogP contribution in [0.4, 0.5) is 4.39 Å². The van der Waals surface area contributed by atoms with Gasteiger partial charge in [-0.2, -0.15) is 0 Å². The minimum absolute atomic E-state index is 0.166. The molecule has 0 aliphatic carbocycles. The molecule has 0 nitrogen and oxygen atoms in total. The largest absolute Gasteiger partial charge is 0.207 e. The fourth-order valence-electron chi connectivity index (χ4n) is 4.15. The Hall–Kier alpha value is -3.71. The Morgan fingerprint density at radius 3 is 1.44 bits per heavy atom. The second-order valence-electron chi connectivity index (χ2n) is 9.22.